The Balaban J connectivity index is 1.63. The quantitative estimate of drug-likeness (QED) is 0.137. The van der Waals surface area contributed by atoms with Gasteiger partial charge in [0.05, 0.1) is 22.4 Å². The van der Waals surface area contributed by atoms with Crippen LogP contribution >= 0.6 is 0 Å². The van der Waals surface area contributed by atoms with Crippen molar-refractivity contribution in [3.8, 4) is 12.0 Å². The smallest absolute Gasteiger partial charge is 0.338 e. The molecule has 0 aromatic heterocycles. The monoisotopic (exact) mass is 685 g/mol. The van der Waals surface area contributed by atoms with Gasteiger partial charge in [-0.15, -0.1) is 0 Å². The van der Waals surface area contributed by atoms with Crippen molar-refractivity contribution in [1.29, 1.82) is 0 Å². The molecule has 11 nitrogen and oxygen atoms in total. The summed E-state index contributed by atoms with van der Waals surface area (Å²) in [6.07, 6.45) is -7.09. The largest absolute Gasteiger partial charge is 0.452 e. The molecule has 7 atom stereocenters. The summed E-state index contributed by atoms with van der Waals surface area (Å²) in [5.74, 6) is -0.426. The molecule has 1 fully saturated rings. The van der Waals surface area contributed by atoms with Crippen LogP contribution in [-0.4, -0.2) is 67.6 Å². The summed E-state index contributed by atoms with van der Waals surface area (Å²) in [6.45, 7) is 1.42. The molecule has 252 valence electrons. The highest BCUT2D eigenvalue weighted by atomic mass is 32.2. The molecule has 1 heterocycles. The molecule has 4 aromatic rings. The zero-order valence-corrected chi connectivity index (χ0v) is 26.8. The maximum absolute atomic E-state index is 13.8. The lowest BCUT2D eigenvalue weighted by Gasteiger charge is -2.44. The minimum atomic E-state index is -4.89. The van der Waals surface area contributed by atoms with Crippen molar-refractivity contribution >= 4 is 27.7 Å². The maximum Gasteiger partial charge on any atom is 0.338 e. The van der Waals surface area contributed by atoms with Crippen LogP contribution in [0.5, 0.6) is 0 Å². The van der Waals surface area contributed by atoms with Gasteiger partial charge in [-0.3, -0.25) is 0 Å². The number of aliphatic hydroxyl groups is 1. The van der Waals surface area contributed by atoms with Gasteiger partial charge in [-0.25, -0.2) is 22.8 Å². The molecule has 3 unspecified atom stereocenters. The predicted octanol–water partition coefficient (Wildman–Crippen LogP) is 4.32. The van der Waals surface area contributed by atoms with Crippen LogP contribution in [0.3, 0.4) is 0 Å². The molecule has 5 rings (SSSR count). The van der Waals surface area contributed by atoms with Crippen LogP contribution in [0, 0.1) is 12.0 Å². The maximum atomic E-state index is 13.8. The van der Waals surface area contributed by atoms with E-state index in [1.54, 1.807) is 60.7 Å². The van der Waals surface area contributed by atoms with E-state index in [0.29, 0.717) is 0 Å². The summed E-state index contributed by atoms with van der Waals surface area (Å²) in [6, 6.07) is 30.5. The van der Waals surface area contributed by atoms with Crippen LogP contribution in [-0.2, 0) is 39.3 Å². The molecule has 1 aliphatic heterocycles. The highest BCUT2D eigenvalue weighted by Gasteiger charge is 2.57. The van der Waals surface area contributed by atoms with Crippen LogP contribution in [0.2, 0.25) is 0 Å². The van der Waals surface area contributed by atoms with Gasteiger partial charge in [-0.2, -0.15) is 0 Å². The Kier molecular flexibility index (Phi) is 11.0. The van der Waals surface area contributed by atoms with Gasteiger partial charge in [0.15, 0.2) is 27.5 Å². The first-order valence-electron chi connectivity index (χ1n) is 15.6. The summed E-state index contributed by atoms with van der Waals surface area (Å²) in [4.78, 5) is 40.5. The van der Waals surface area contributed by atoms with Gasteiger partial charge in [-0.05, 0) is 42.0 Å². The van der Waals surface area contributed by atoms with E-state index in [4.69, 9.17) is 25.1 Å². The number of benzene rings is 4. The average Bonchev–Trinajstić information content (AvgIpc) is 3.16. The van der Waals surface area contributed by atoms with E-state index < -0.39 is 69.6 Å². The number of esters is 3. The van der Waals surface area contributed by atoms with E-state index >= 15 is 0 Å². The summed E-state index contributed by atoms with van der Waals surface area (Å²) >= 11 is 0. The molecule has 49 heavy (non-hydrogen) atoms. The van der Waals surface area contributed by atoms with E-state index in [1.165, 1.54) is 67.6 Å². The molecule has 0 saturated carbocycles. The predicted molar refractivity (Wildman–Crippen MR) is 175 cm³/mol. The van der Waals surface area contributed by atoms with Crippen molar-refractivity contribution in [2.24, 2.45) is 0 Å². The highest BCUT2D eigenvalue weighted by molar-refractivity contribution is 7.91. The minimum absolute atomic E-state index is 0.0208. The molecule has 1 N–H and O–H groups in total. The number of carbonyl (C=O) groups is 3. The second-order valence-electron chi connectivity index (χ2n) is 10.7. The normalized spacial score (nSPS) is 21.8. The van der Waals surface area contributed by atoms with Crippen molar-refractivity contribution in [2.75, 3.05) is 0 Å². The van der Waals surface area contributed by atoms with Gasteiger partial charge in [0, 0.05) is 8.29 Å². The average molecular weight is 686 g/mol. The molecular formula is C37H32O11S. The van der Waals surface area contributed by atoms with E-state index in [2.05, 4.69) is 12.0 Å². The van der Waals surface area contributed by atoms with Crippen molar-refractivity contribution < 1.29 is 53.0 Å². The van der Waals surface area contributed by atoms with E-state index in [-0.39, 0.29) is 22.3 Å². The molecule has 1 aliphatic rings. The van der Waals surface area contributed by atoms with Crippen molar-refractivity contribution in [3.63, 3.8) is 0 Å². The number of hydrogen-bond acceptors (Lipinski definition) is 11. The molecule has 12 heteroatoms. The summed E-state index contributed by atoms with van der Waals surface area (Å²) in [7, 11) is -4.89. The number of ether oxygens (including phenoxy) is 5. The minimum Gasteiger partial charge on any atom is -0.452 e. The van der Waals surface area contributed by atoms with Crippen molar-refractivity contribution in [2.45, 2.75) is 48.8 Å². The fourth-order valence-corrected chi connectivity index (χ4v) is 6.22. The molecular weight excluding hydrogens is 652 g/mol. The molecule has 4 aromatic carbocycles. The van der Waals surface area contributed by atoms with Gasteiger partial charge in [0.2, 0.25) is 6.10 Å². The molecule has 1 saturated heterocycles. The van der Waals surface area contributed by atoms with Crippen LogP contribution in [0.15, 0.2) is 121 Å². The SMILES string of the molecule is [2H]C(c1ccccc1)S(=O)(=O)C(O)[C@H]1OC(OC#CC)[C@@H](OC(=O)c2ccccc2)[C@@H](OC(=O)c2ccccc2)[C@@H]1OC(=O)c1ccccc1. The fraction of sp³-hybridized carbons (Fsp3) is 0.216. The molecule has 0 bridgehead atoms. The lowest BCUT2D eigenvalue weighted by Crippen LogP contribution is -2.65. The first kappa shape index (κ1) is 33.4. The third kappa shape index (κ3) is 8.71. The third-order valence-electron chi connectivity index (χ3n) is 7.28. The number of carbonyl (C=O) groups excluding carboxylic acids is 3. The van der Waals surface area contributed by atoms with Gasteiger partial charge < -0.3 is 28.8 Å². The lowest BCUT2D eigenvalue weighted by molar-refractivity contribution is -0.286. The zero-order chi connectivity index (χ0) is 35.7. The number of rotatable bonds is 11. The van der Waals surface area contributed by atoms with Crippen molar-refractivity contribution in [3.05, 3.63) is 144 Å². The molecule has 0 aliphatic carbocycles. The van der Waals surface area contributed by atoms with Gasteiger partial charge in [0.25, 0.3) is 6.29 Å². The zero-order valence-electron chi connectivity index (χ0n) is 27.0. The molecule has 0 spiro atoms. The number of sulfone groups is 1. The molecule has 0 radical (unpaired) electrons. The first-order chi connectivity index (χ1) is 24.1. The Morgan fingerprint density at radius 2 is 1.12 bits per heavy atom. The van der Waals surface area contributed by atoms with Crippen molar-refractivity contribution in [1.82, 2.24) is 0 Å². The Morgan fingerprint density at radius 3 is 1.57 bits per heavy atom. The van der Waals surface area contributed by atoms with Gasteiger partial charge in [-0.1, -0.05) is 90.8 Å². The molecule has 0 amide bonds. The summed E-state index contributed by atoms with van der Waals surface area (Å²) < 4.78 is 65.2. The topological polar surface area (TPSA) is 152 Å². The van der Waals surface area contributed by atoms with E-state index in [9.17, 15) is 27.9 Å². The van der Waals surface area contributed by atoms with Crippen LogP contribution in [0.1, 0.15) is 44.9 Å². The second kappa shape index (κ2) is 16.1. The summed E-state index contributed by atoms with van der Waals surface area (Å²) in [5, 5.41) is 11.6. The Morgan fingerprint density at radius 1 is 0.714 bits per heavy atom. The standard InChI is InChI=1S/C37H32O11S/c1-2-23-44-37-32(47-35(40)28-21-13-6-14-22-28)30(46-34(39)27-19-11-5-12-20-27)29(45-33(38)26-17-9-4-10-18-26)31(48-37)36(41)49(42,43)24-25-15-7-3-8-16-25/h3-22,29-32,36-37,41H,24H2,1H3/t29-,30-,31-,32-,36?,37?/m0/s1/i24D/t24?,29-,30-,31-,32-,36?,37?. The Labute approximate surface area is 284 Å². The van der Waals surface area contributed by atoms with Gasteiger partial charge in [0.1, 0.15) is 12.2 Å². The van der Waals surface area contributed by atoms with E-state index in [1.807, 2.05) is 0 Å². The highest BCUT2D eigenvalue weighted by Crippen LogP contribution is 2.34. The second-order valence-corrected chi connectivity index (χ2v) is 12.6. The Hall–Kier alpha value is -5.48. The Bertz CT molecular complexity index is 1930. The van der Waals surface area contributed by atoms with Crippen LogP contribution in [0.4, 0.5) is 0 Å². The lowest BCUT2D eigenvalue weighted by atomic mass is 9.97. The third-order valence-corrected chi connectivity index (χ3v) is 8.83. The van der Waals surface area contributed by atoms with Crippen LogP contribution < -0.4 is 0 Å². The van der Waals surface area contributed by atoms with E-state index in [0.717, 1.165) is 0 Å². The number of aliphatic hydroxyl groups excluding tert-OH is 1. The first-order valence-corrected chi connectivity index (χ1v) is 16.6. The van der Waals surface area contributed by atoms with Crippen LogP contribution in [0.25, 0.3) is 0 Å². The van der Waals surface area contributed by atoms with Gasteiger partial charge >= 0.3 is 17.9 Å². The fourth-order valence-electron chi connectivity index (χ4n) is 4.95. The number of hydrogen-bond donors (Lipinski definition) is 1. The summed E-state index contributed by atoms with van der Waals surface area (Å²) in [5.41, 5.74) is -4.39.